The first-order valence-corrected chi connectivity index (χ1v) is 6.13. The topological polar surface area (TPSA) is 49.3 Å². The molecule has 1 aromatic rings. The Kier molecular flexibility index (Phi) is 5.28. The molecule has 0 fully saturated rings. The Morgan fingerprint density at radius 2 is 2.11 bits per heavy atom. The van der Waals surface area contributed by atoms with E-state index in [0.717, 1.165) is 5.56 Å². The van der Waals surface area contributed by atoms with Crippen LogP contribution in [0.2, 0.25) is 0 Å². The Morgan fingerprint density at radius 1 is 1.44 bits per heavy atom. The largest absolute Gasteiger partial charge is 0.396 e. The second-order valence-electron chi connectivity index (χ2n) is 4.82. The lowest BCUT2D eigenvalue weighted by atomic mass is 10.0. The maximum absolute atomic E-state index is 13.6. The minimum Gasteiger partial charge on any atom is -0.396 e. The number of carbonyl (C=O) groups excluding carboxylic acids is 1. The lowest BCUT2D eigenvalue weighted by molar-refractivity contribution is 0.0912. The summed E-state index contributed by atoms with van der Waals surface area (Å²) >= 11 is 0. The van der Waals surface area contributed by atoms with Crippen LogP contribution in [0.4, 0.5) is 4.39 Å². The molecule has 1 atom stereocenters. The molecule has 0 bridgehead atoms. The first kappa shape index (κ1) is 14.6. The Morgan fingerprint density at radius 3 is 2.61 bits per heavy atom. The SMILES string of the molecule is Cc1ccc(C(=O)NC(CCO)C(C)C)c(F)c1. The van der Waals surface area contributed by atoms with Crippen LogP contribution >= 0.6 is 0 Å². The molecule has 0 aromatic heterocycles. The fourth-order valence-corrected chi connectivity index (χ4v) is 1.76. The van der Waals surface area contributed by atoms with Crippen molar-refractivity contribution < 1.29 is 14.3 Å². The van der Waals surface area contributed by atoms with Crippen molar-refractivity contribution in [3.8, 4) is 0 Å². The number of rotatable bonds is 5. The fraction of sp³-hybridized carbons (Fsp3) is 0.500. The van der Waals surface area contributed by atoms with Crippen LogP contribution < -0.4 is 5.32 Å². The zero-order chi connectivity index (χ0) is 13.7. The summed E-state index contributed by atoms with van der Waals surface area (Å²) in [6.07, 6.45) is 0.469. The highest BCUT2D eigenvalue weighted by atomic mass is 19.1. The standard InChI is InChI=1S/C14H20FNO2/c1-9(2)13(6-7-17)16-14(18)11-5-4-10(3)8-12(11)15/h4-5,8-9,13,17H,6-7H2,1-3H3,(H,16,18). The number of hydrogen-bond acceptors (Lipinski definition) is 2. The van der Waals surface area contributed by atoms with Crippen molar-refractivity contribution in [2.45, 2.75) is 33.2 Å². The van der Waals surface area contributed by atoms with Crippen LogP contribution in [0.15, 0.2) is 18.2 Å². The van der Waals surface area contributed by atoms with Crippen LogP contribution in [0.5, 0.6) is 0 Å². The number of carbonyl (C=O) groups is 1. The summed E-state index contributed by atoms with van der Waals surface area (Å²) in [6, 6.07) is 4.37. The van der Waals surface area contributed by atoms with Crippen LogP contribution in [-0.4, -0.2) is 23.7 Å². The molecule has 18 heavy (non-hydrogen) atoms. The van der Waals surface area contributed by atoms with Crippen molar-refractivity contribution in [1.29, 1.82) is 0 Å². The molecule has 1 aromatic carbocycles. The van der Waals surface area contributed by atoms with E-state index in [1.807, 2.05) is 13.8 Å². The van der Waals surface area contributed by atoms with Crippen LogP contribution in [0, 0.1) is 18.7 Å². The van der Waals surface area contributed by atoms with E-state index in [4.69, 9.17) is 5.11 Å². The molecular weight excluding hydrogens is 233 g/mol. The van der Waals surface area contributed by atoms with Gasteiger partial charge in [-0.25, -0.2) is 4.39 Å². The second-order valence-corrected chi connectivity index (χ2v) is 4.82. The number of benzene rings is 1. The first-order valence-electron chi connectivity index (χ1n) is 6.13. The predicted molar refractivity (Wildman–Crippen MR) is 68.9 cm³/mol. The normalized spacial score (nSPS) is 12.6. The zero-order valence-electron chi connectivity index (χ0n) is 11.0. The van der Waals surface area contributed by atoms with E-state index in [2.05, 4.69) is 5.32 Å². The average molecular weight is 253 g/mol. The van der Waals surface area contributed by atoms with Crippen molar-refractivity contribution in [2.75, 3.05) is 6.61 Å². The number of nitrogens with one attached hydrogen (secondary N) is 1. The van der Waals surface area contributed by atoms with Gasteiger partial charge in [0, 0.05) is 12.6 Å². The minimum atomic E-state index is -0.515. The highest BCUT2D eigenvalue weighted by Crippen LogP contribution is 2.12. The quantitative estimate of drug-likeness (QED) is 0.845. The molecule has 0 spiro atoms. The molecule has 0 saturated carbocycles. The molecule has 1 rings (SSSR count). The van der Waals surface area contributed by atoms with Gasteiger partial charge in [0.2, 0.25) is 0 Å². The highest BCUT2D eigenvalue weighted by Gasteiger charge is 2.18. The van der Waals surface area contributed by atoms with E-state index in [9.17, 15) is 9.18 Å². The van der Waals surface area contributed by atoms with E-state index < -0.39 is 11.7 Å². The smallest absolute Gasteiger partial charge is 0.254 e. The molecule has 0 aliphatic rings. The molecule has 0 heterocycles. The third-order valence-electron chi connectivity index (χ3n) is 2.93. The van der Waals surface area contributed by atoms with Crippen molar-refractivity contribution in [1.82, 2.24) is 5.32 Å². The number of aliphatic hydroxyl groups excluding tert-OH is 1. The molecule has 0 aliphatic heterocycles. The van der Waals surface area contributed by atoms with Gasteiger partial charge in [-0.05, 0) is 37.0 Å². The average Bonchev–Trinajstić information content (AvgIpc) is 2.27. The van der Waals surface area contributed by atoms with Gasteiger partial charge in [0.15, 0.2) is 0 Å². The van der Waals surface area contributed by atoms with Gasteiger partial charge in [0.25, 0.3) is 5.91 Å². The lowest BCUT2D eigenvalue weighted by Gasteiger charge is -2.21. The number of aryl methyl sites for hydroxylation is 1. The van der Waals surface area contributed by atoms with E-state index in [1.54, 1.807) is 13.0 Å². The second kappa shape index (κ2) is 6.50. The number of halogens is 1. The Hall–Kier alpha value is -1.42. The number of hydrogen-bond donors (Lipinski definition) is 2. The van der Waals surface area contributed by atoms with Crippen molar-refractivity contribution in [3.63, 3.8) is 0 Å². The lowest BCUT2D eigenvalue weighted by Crippen LogP contribution is -2.39. The minimum absolute atomic E-state index is 0.000489. The fourth-order valence-electron chi connectivity index (χ4n) is 1.76. The van der Waals surface area contributed by atoms with Crippen LogP contribution in [-0.2, 0) is 0 Å². The predicted octanol–water partition coefficient (Wildman–Crippen LogP) is 2.27. The van der Waals surface area contributed by atoms with Gasteiger partial charge < -0.3 is 10.4 Å². The first-order chi connectivity index (χ1) is 8.45. The molecule has 0 aliphatic carbocycles. The number of aliphatic hydroxyl groups is 1. The van der Waals surface area contributed by atoms with E-state index in [1.165, 1.54) is 12.1 Å². The molecule has 3 nitrogen and oxygen atoms in total. The Bertz CT molecular complexity index is 418. The summed E-state index contributed by atoms with van der Waals surface area (Å²) in [7, 11) is 0. The van der Waals surface area contributed by atoms with E-state index in [0.29, 0.717) is 6.42 Å². The molecule has 4 heteroatoms. The van der Waals surface area contributed by atoms with Gasteiger partial charge >= 0.3 is 0 Å². The zero-order valence-corrected chi connectivity index (χ0v) is 11.0. The van der Waals surface area contributed by atoms with Crippen molar-refractivity contribution in [3.05, 3.63) is 35.1 Å². The summed E-state index contributed by atoms with van der Waals surface area (Å²) < 4.78 is 13.6. The monoisotopic (exact) mass is 253 g/mol. The molecule has 1 amide bonds. The molecule has 0 radical (unpaired) electrons. The summed E-state index contributed by atoms with van der Waals surface area (Å²) in [5, 5.41) is 11.7. The van der Waals surface area contributed by atoms with Crippen LogP contribution in [0.1, 0.15) is 36.2 Å². The molecular formula is C14H20FNO2. The van der Waals surface area contributed by atoms with Gasteiger partial charge in [0.05, 0.1) is 5.56 Å². The summed E-state index contributed by atoms with van der Waals surface area (Å²) in [5.74, 6) is -0.756. The Balaban J connectivity index is 2.80. The maximum Gasteiger partial charge on any atom is 0.254 e. The third-order valence-corrected chi connectivity index (χ3v) is 2.93. The molecule has 0 saturated heterocycles. The summed E-state index contributed by atoms with van der Waals surface area (Å²) in [6.45, 7) is 5.67. The van der Waals surface area contributed by atoms with Gasteiger partial charge in [0.1, 0.15) is 5.82 Å². The van der Waals surface area contributed by atoms with Crippen molar-refractivity contribution in [2.24, 2.45) is 5.92 Å². The van der Waals surface area contributed by atoms with E-state index in [-0.39, 0.29) is 24.1 Å². The van der Waals surface area contributed by atoms with Crippen LogP contribution in [0.25, 0.3) is 0 Å². The van der Waals surface area contributed by atoms with Crippen LogP contribution in [0.3, 0.4) is 0 Å². The maximum atomic E-state index is 13.6. The molecule has 2 N–H and O–H groups in total. The number of amides is 1. The van der Waals surface area contributed by atoms with E-state index >= 15 is 0 Å². The summed E-state index contributed by atoms with van der Waals surface area (Å²) in [5.41, 5.74) is 0.823. The Labute approximate surface area is 107 Å². The third kappa shape index (κ3) is 3.81. The summed E-state index contributed by atoms with van der Waals surface area (Å²) in [4.78, 5) is 11.9. The van der Waals surface area contributed by atoms with Gasteiger partial charge in [-0.3, -0.25) is 4.79 Å². The van der Waals surface area contributed by atoms with Gasteiger partial charge in [-0.15, -0.1) is 0 Å². The van der Waals surface area contributed by atoms with Crippen molar-refractivity contribution >= 4 is 5.91 Å². The van der Waals surface area contributed by atoms with Gasteiger partial charge in [-0.1, -0.05) is 19.9 Å². The highest BCUT2D eigenvalue weighted by molar-refractivity contribution is 5.94. The molecule has 1 unspecified atom stereocenters. The van der Waals surface area contributed by atoms with Gasteiger partial charge in [-0.2, -0.15) is 0 Å². The molecule has 100 valence electrons.